The molecule has 2 rings (SSSR count). The summed E-state index contributed by atoms with van der Waals surface area (Å²) in [6.07, 6.45) is 0. The van der Waals surface area contributed by atoms with Crippen LogP contribution in [0.1, 0.15) is 31.9 Å². The van der Waals surface area contributed by atoms with Gasteiger partial charge in [-0.3, -0.25) is 9.78 Å². The summed E-state index contributed by atoms with van der Waals surface area (Å²) < 4.78 is 5.19. The quantitative estimate of drug-likeness (QED) is 0.621. The topological polar surface area (TPSA) is 44.8 Å². The van der Waals surface area contributed by atoms with Crippen LogP contribution in [0.25, 0.3) is 0 Å². The van der Waals surface area contributed by atoms with Crippen LogP contribution in [0.3, 0.4) is 0 Å². The summed E-state index contributed by atoms with van der Waals surface area (Å²) in [5.74, 6) is 0.844. The Morgan fingerprint density at radius 1 is 0.864 bits per heavy atom. The molecule has 0 unspecified atom stereocenters. The standard InChI is InChI=1S/C18H20O4/c1-13(19)21-22-17-11-7-15(8-12-17)18(2,3)14-5-9-16(20-4)10-6-14/h5-12H,1-4H3. The van der Waals surface area contributed by atoms with Gasteiger partial charge in [-0.2, -0.15) is 0 Å². The fourth-order valence-electron chi connectivity index (χ4n) is 2.21. The third kappa shape index (κ3) is 3.58. The zero-order valence-electron chi connectivity index (χ0n) is 13.3. The normalized spacial score (nSPS) is 10.9. The highest BCUT2D eigenvalue weighted by atomic mass is 17.2. The number of carbonyl (C=O) groups excluding carboxylic acids is 1. The van der Waals surface area contributed by atoms with Gasteiger partial charge in [0.2, 0.25) is 0 Å². The van der Waals surface area contributed by atoms with E-state index in [1.165, 1.54) is 12.5 Å². The monoisotopic (exact) mass is 300 g/mol. The molecule has 4 nitrogen and oxygen atoms in total. The first-order valence-corrected chi connectivity index (χ1v) is 7.03. The van der Waals surface area contributed by atoms with Gasteiger partial charge >= 0.3 is 5.97 Å². The molecule has 0 amide bonds. The van der Waals surface area contributed by atoms with Crippen molar-refractivity contribution < 1.29 is 19.3 Å². The molecule has 0 fully saturated rings. The van der Waals surface area contributed by atoms with Crippen molar-refractivity contribution in [2.24, 2.45) is 0 Å². The van der Waals surface area contributed by atoms with Gasteiger partial charge in [0.25, 0.3) is 0 Å². The van der Waals surface area contributed by atoms with Crippen LogP contribution in [0.5, 0.6) is 11.5 Å². The predicted molar refractivity (Wildman–Crippen MR) is 84.0 cm³/mol. The van der Waals surface area contributed by atoms with Crippen LogP contribution in [0, 0.1) is 0 Å². The molecule has 0 aliphatic carbocycles. The number of carbonyl (C=O) groups is 1. The SMILES string of the molecule is COc1ccc(C(C)(C)c2ccc(OOC(C)=O)cc2)cc1. The number of methoxy groups -OCH3 is 1. The molecule has 0 bridgehead atoms. The largest absolute Gasteiger partial charge is 0.497 e. The van der Waals surface area contributed by atoms with Crippen molar-refractivity contribution in [3.63, 3.8) is 0 Å². The van der Waals surface area contributed by atoms with E-state index in [0.29, 0.717) is 5.75 Å². The Labute approximate surface area is 130 Å². The fraction of sp³-hybridized carbons (Fsp3) is 0.278. The number of benzene rings is 2. The second-order valence-corrected chi connectivity index (χ2v) is 5.54. The number of hydrogen-bond donors (Lipinski definition) is 0. The Balaban J connectivity index is 2.19. The Morgan fingerprint density at radius 3 is 1.73 bits per heavy atom. The van der Waals surface area contributed by atoms with Gasteiger partial charge in [0, 0.05) is 12.3 Å². The molecule has 0 heterocycles. The summed E-state index contributed by atoms with van der Waals surface area (Å²) in [5, 5.41) is 0. The summed E-state index contributed by atoms with van der Waals surface area (Å²) >= 11 is 0. The molecule has 4 heteroatoms. The Hall–Kier alpha value is -2.49. The van der Waals surface area contributed by atoms with Crippen molar-refractivity contribution in [1.29, 1.82) is 0 Å². The zero-order chi connectivity index (χ0) is 16.2. The minimum Gasteiger partial charge on any atom is -0.497 e. The number of ether oxygens (including phenoxy) is 1. The summed E-state index contributed by atoms with van der Waals surface area (Å²) in [4.78, 5) is 20.1. The van der Waals surface area contributed by atoms with Crippen LogP contribution in [0.15, 0.2) is 48.5 Å². The van der Waals surface area contributed by atoms with Gasteiger partial charge in [0.05, 0.1) is 7.11 Å². The minimum atomic E-state index is -0.484. The van der Waals surface area contributed by atoms with E-state index in [4.69, 9.17) is 9.62 Å². The lowest BCUT2D eigenvalue weighted by molar-refractivity contribution is -0.210. The molecule has 0 aliphatic heterocycles. The smallest absolute Gasteiger partial charge is 0.352 e. The van der Waals surface area contributed by atoms with Gasteiger partial charge in [-0.05, 0) is 35.4 Å². The molecule has 0 aliphatic rings. The van der Waals surface area contributed by atoms with Crippen LogP contribution < -0.4 is 9.62 Å². The van der Waals surface area contributed by atoms with E-state index in [1.807, 2.05) is 24.3 Å². The van der Waals surface area contributed by atoms with E-state index in [0.717, 1.165) is 11.3 Å². The van der Waals surface area contributed by atoms with E-state index < -0.39 is 5.97 Å². The van der Waals surface area contributed by atoms with Crippen molar-refractivity contribution in [2.45, 2.75) is 26.2 Å². The highest BCUT2D eigenvalue weighted by molar-refractivity contribution is 5.65. The molecule has 2 aromatic carbocycles. The Bertz CT molecular complexity index is 627. The van der Waals surface area contributed by atoms with Crippen LogP contribution in [0.2, 0.25) is 0 Å². The van der Waals surface area contributed by atoms with Crippen molar-refractivity contribution in [3.05, 3.63) is 59.7 Å². The molecule has 0 aromatic heterocycles. The van der Waals surface area contributed by atoms with Gasteiger partial charge in [-0.15, -0.1) is 0 Å². The van der Waals surface area contributed by atoms with Crippen LogP contribution in [-0.2, 0) is 15.1 Å². The second-order valence-electron chi connectivity index (χ2n) is 5.54. The van der Waals surface area contributed by atoms with Crippen molar-refractivity contribution in [3.8, 4) is 11.5 Å². The Kier molecular flexibility index (Phi) is 4.71. The third-order valence-electron chi connectivity index (χ3n) is 3.64. The molecular formula is C18H20O4. The minimum absolute atomic E-state index is 0.160. The molecular weight excluding hydrogens is 280 g/mol. The third-order valence-corrected chi connectivity index (χ3v) is 3.64. The molecule has 0 spiro atoms. The summed E-state index contributed by atoms with van der Waals surface area (Å²) in [6.45, 7) is 5.59. The van der Waals surface area contributed by atoms with E-state index in [1.54, 1.807) is 19.2 Å². The van der Waals surface area contributed by atoms with Gasteiger partial charge in [-0.25, -0.2) is 4.79 Å². The van der Waals surface area contributed by atoms with Gasteiger partial charge in [0.1, 0.15) is 5.75 Å². The Morgan fingerprint density at radius 2 is 1.32 bits per heavy atom. The zero-order valence-corrected chi connectivity index (χ0v) is 13.3. The molecule has 0 saturated carbocycles. The highest BCUT2D eigenvalue weighted by Gasteiger charge is 2.23. The second kappa shape index (κ2) is 6.52. The maximum absolute atomic E-state index is 10.7. The maximum atomic E-state index is 10.7. The number of hydrogen-bond acceptors (Lipinski definition) is 4. The summed E-state index contributed by atoms with van der Waals surface area (Å²) in [6, 6.07) is 15.5. The van der Waals surface area contributed by atoms with E-state index in [-0.39, 0.29) is 5.41 Å². The van der Waals surface area contributed by atoms with E-state index >= 15 is 0 Å². The molecule has 2 aromatic rings. The average molecular weight is 300 g/mol. The van der Waals surface area contributed by atoms with Crippen LogP contribution in [-0.4, -0.2) is 13.1 Å². The molecule has 116 valence electrons. The van der Waals surface area contributed by atoms with Crippen molar-refractivity contribution in [2.75, 3.05) is 7.11 Å². The highest BCUT2D eigenvalue weighted by Crippen LogP contribution is 2.33. The lowest BCUT2D eigenvalue weighted by atomic mass is 9.78. The van der Waals surface area contributed by atoms with Gasteiger partial charge in [-0.1, -0.05) is 38.1 Å². The molecule has 0 atom stereocenters. The summed E-state index contributed by atoms with van der Waals surface area (Å²) in [5.41, 5.74) is 2.15. The van der Waals surface area contributed by atoms with Gasteiger partial charge in [0.15, 0.2) is 5.75 Å². The van der Waals surface area contributed by atoms with Crippen LogP contribution >= 0.6 is 0 Å². The molecule has 0 saturated heterocycles. The van der Waals surface area contributed by atoms with Crippen molar-refractivity contribution in [1.82, 2.24) is 0 Å². The maximum Gasteiger partial charge on any atom is 0.352 e. The van der Waals surface area contributed by atoms with E-state index in [9.17, 15) is 4.79 Å². The molecule has 22 heavy (non-hydrogen) atoms. The molecule has 0 radical (unpaired) electrons. The average Bonchev–Trinajstić information content (AvgIpc) is 2.53. The van der Waals surface area contributed by atoms with Crippen LogP contribution in [0.4, 0.5) is 0 Å². The van der Waals surface area contributed by atoms with E-state index in [2.05, 4.69) is 30.9 Å². The fourth-order valence-corrected chi connectivity index (χ4v) is 2.21. The number of rotatable bonds is 5. The predicted octanol–water partition coefficient (Wildman–Crippen LogP) is 3.88. The van der Waals surface area contributed by atoms with Crippen molar-refractivity contribution >= 4 is 5.97 Å². The lowest BCUT2D eigenvalue weighted by Gasteiger charge is -2.26. The first-order valence-electron chi connectivity index (χ1n) is 7.03. The first-order chi connectivity index (χ1) is 10.4. The summed E-state index contributed by atoms with van der Waals surface area (Å²) in [7, 11) is 1.65. The molecule has 0 N–H and O–H groups in total. The first kappa shape index (κ1) is 15.9. The van der Waals surface area contributed by atoms with Gasteiger partial charge < -0.3 is 4.74 Å². The lowest BCUT2D eigenvalue weighted by Crippen LogP contribution is -2.18.